The van der Waals surface area contributed by atoms with E-state index in [-0.39, 0.29) is 22.9 Å². The predicted molar refractivity (Wildman–Crippen MR) is 86.5 cm³/mol. The lowest BCUT2D eigenvalue weighted by atomic mass is 9.60. The van der Waals surface area contributed by atoms with Gasteiger partial charge in [0.15, 0.2) is 0 Å². The van der Waals surface area contributed by atoms with E-state index in [0.29, 0.717) is 13.1 Å². The maximum absolute atomic E-state index is 11.9. The number of hydrogen-bond donors (Lipinski definition) is 2. The first-order valence-corrected chi connectivity index (χ1v) is 8.08. The normalized spacial score (nSPS) is 19.1. The third-order valence-electron chi connectivity index (χ3n) is 5.03. The van der Waals surface area contributed by atoms with Gasteiger partial charge in [-0.3, -0.25) is 10.1 Å². The summed E-state index contributed by atoms with van der Waals surface area (Å²) < 4.78 is 5.12. The smallest absolute Gasteiger partial charge is 0.412 e. The van der Waals surface area contributed by atoms with Gasteiger partial charge < -0.3 is 20.1 Å². The minimum atomic E-state index is -0.879. The van der Waals surface area contributed by atoms with E-state index in [9.17, 15) is 19.7 Å². The molecule has 2 amide bonds. The second-order valence-electron chi connectivity index (χ2n) is 6.66. The Morgan fingerprint density at radius 2 is 1.84 bits per heavy atom. The number of carbonyl (C=O) groups is 2. The molecule has 1 heterocycles. The van der Waals surface area contributed by atoms with Gasteiger partial charge in [-0.1, -0.05) is 0 Å². The van der Waals surface area contributed by atoms with Crippen LogP contribution in [-0.4, -0.2) is 46.2 Å². The summed E-state index contributed by atoms with van der Waals surface area (Å²) >= 11 is 0. The number of amides is 2. The number of hydrogen-bond acceptors (Lipinski definition) is 5. The van der Waals surface area contributed by atoms with E-state index in [0.717, 1.165) is 25.7 Å². The fourth-order valence-corrected chi connectivity index (χ4v) is 3.61. The zero-order chi connectivity index (χ0) is 18.0. The topological polar surface area (TPSA) is 122 Å². The lowest BCUT2D eigenvalue weighted by molar-refractivity contribution is -0.384. The number of carboxylic acid groups (broad SMARTS) is 1. The van der Waals surface area contributed by atoms with Crippen molar-refractivity contribution in [3.05, 3.63) is 34.4 Å². The van der Waals surface area contributed by atoms with Crippen molar-refractivity contribution in [1.29, 1.82) is 0 Å². The molecule has 9 heteroatoms. The summed E-state index contributed by atoms with van der Waals surface area (Å²) in [6.45, 7) is 1.07. The summed E-state index contributed by atoms with van der Waals surface area (Å²) in [4.78, 5) is 34.3. The first-order chi connectivity index (χ1) is 11.9. The standard InChI is InChI=1S/C16H19N3O6/c20-14(25-13-3-1-12(2-4-13)19(23)24)17-11-9-16(10-11)5-7-18(8-6-16)15(21)22/h1-4,11H,5-10H2,(H,17,20)(H,21,22). The number of nitro groups is 1. The molecule has 0 bridgehead atoms. The van der Waals surface area contributed by atoms with Crippen LogP contribution < -0.4 is 10.1 Å². The molecule has 1 saturated heterocycles. The Hall–Kier alpha value is -2.84. The van der Waals surface area contributed by atoms with Crippen molar-refractivity contribution in [2.45, 2.75) is 31.7 Å². The highest BCUT2D eigenvalue weighted by Gasteiger charge is 2.47. The monoisotopic (exact) mass is 349 g/mol. The Bertz CT molecular complexity index is 674. The molecule has 3 rings (SSSR count). The zero-order valence-electron chi connectivity index (χ0n) is 13.5. The first-order valence-electron chi connectivity index (χ1n) is 8.08. The van der Waals surface area contributed by atoms with Crippen molar-refractivity contribution in [1.82, 2.24) is 10.2 Å². The molecule has 1 saturated carbocycles. The fraction of sp³-hybridized carbons (Fsp3) is 0.500. The second-order valence-corrected chi connectivity index (χ2v) is 6.66. The average Bonchev–Trinajstić information content (AvgIpc) is 2.54. The van der Waals surface area contributed by atoms with E-state index >= 15 is 0 Å². The molecule has 1 aromatic carbocycles. The molecule has 134 valence electrons. The van der Waals surface area contributed by atoms with Gasteiger partial charge in [0, 0.05) is 31.3 Å². The Morgan fingerprint density at radius 1 is 1.24 bits per heavy atom. The van der Waals surface area contributed by atoms with Crippen LogP contribution in [0.15, 0.2) is 24.3 Å². The highest BCUT2D eigenvalue weighted by atomic mass is 16.6. The van der Waals surface area contributed by atoms with E-state index in [4.69, 9.17) is 9.84 Å². The Labute approximate surface area is 143 Å². The van der Waals surface area contributed by atoms with Gasteiger partial charge in [0.25, 0.3) is 5.69 Å². The van der Waals surface area contributed by atoms with Crippen molar-refractivity contribution in [2.24, 2.45) is 5.41 Å². The van der Waals surface area contributed by atoms with Crippen molar-refractivity contribution in [2.75, 3.05) is 13.1 Å². The van der Waals surface area contributed by atoms with Gasteiger partial charge >= 0.3 is 12.2 Å². The summed E-state index contributed by atoms with van der Waals surface area (Å²) in [5.74, 6) is 0.243. The van der Waals surface area contributed by atoms with Crippen molar-refractivity contribution >= 4 is 17.9 Å². The van der Waals surface area contributed by atoms with Crippen LogP contribution in [0.1, 0.15) is 25.7 Å². The summed E-state index contributed by atoms with van der Waals surface area (Å²) in [6, 6.07) is 5.32. The van der Waals surface area contributed by atoms with Gasteiger partial charge in [0.2, 0.25) is 0 Å². The number of ether oxygens (including phenoxy) is 1. The number of rotatable bonds is 3. The van der Waals surface area contributed by atoms with Gasteiger partial charge in [-0.05, 0) is 43.2 Å². The number of carbonyl (C=O) groups excluding carboxylic acids is 1. The van der Waals surface area contributed by atoms with Crippen LogP contribution in [0.4, 0.5) is 15.3 Å². The molecule has 25 heavy (non-hydrogen) atoms. The van der Waals surface area contributed by atoms with E-state index in [1.807, 2.05) is 0 Å². The van der Waals surface area contributed by atoms with Crippen LogP contribution in [0.2, 0.25) is 0 Å². The molecule has 0 unspecified atom stereocenters. The summed E-state index contributed by atoms with van der Waals surface area (Å²) in [5, 5.41) is 22.3. The molecule has 1 aromatic rings. The van der Waals surface area contributed by atoms with Gasteiger partial charge in [-0.25, -0.2) is 9.59 Å². The quantitative estimate of drug-likeness (QED) is 0.639. The number of likely N-dealkylation sites (tertiary alicyclic amines) is 1. The molecule has 0 atom stereocenters. The van der Waals surface area contributed by atoms with Crippen LogP contribution in [0, 0.1) is 15.5 Å². The maximum Gasteiger partial charge on any atom is 0.412 e. The van der Waals surface area contributed by atoms with Crippen molar-refractivity contribution < 1.29 is 24.4 Å². The van der Waals surface area contributed by atoms with Crippen LogP contribution in [0.5, 0.6) is 5.75 Å². The van der Waals surface area contributed by atoms with Gasteiger partial charge in [0.1, 0.15) is 5.75 Å². The number of nitro benzene ring substituents is 1. The van der Waals surface area contributed by atoms with E-state index < -0.39 is 17.1 Å². The Kier molecular flexibility index (Phi) is 4.47. The molecule has 2 N–H and O–H groups in total. The molecule has 2 fully saturated rings. The van der Waals surface area contributed by atoms with Crippen LogP contribution >= 0.6 is 0 Å². The number of nitrogens with one attached hydrogen (secondary N) is 1. The molecule has 1 aliphatic carbocycles. The third kappa shape index (κ3) is 3.81. The molecule has 0 radical (unpaired) electrons. The molecule has 1 aliphatic heterocycles. The summed E-state index contributed by atoms with van der Waals surface area (Å²) in [7, 11) is 0. The predicted octanol–water partition coefficient (Wildman–Crippen LogP) is 2.61. The lowest BCUT2D eigenvalue weighted by Crippen LogP contribution is -2.55. The highest BCUT2D eigenvalue weighted by molar-refractivity contribution is 5.71. The van der Waals surface area contributed by atoms with Crippen molar-refractivity contribution in [3.63, 3.8) is 0 Å². The summed E-state index contributed by atoms with van der Waals surface area (Å²) in [5.41, 5.74) is 0.0541. The van der Waals surface area contributed by atoms with Crippen LogP contribution in [0.25, 0.3) is 0 Å². The number of non-ortho nitro benzene ring substituents is 1. The summed E-state index contributed by atoms with van der Waals surface area (Å²) in [6.07, 6.45) is 1.79. The largest absolute Gasteiger partial charge is 0.465 e. The van der Waals surface area contributed by atoms with E-state index in [2.05, 4.69) is 5.32 Å². The van der Waals surface area contributed by atoms with Crippen molar-refractivity contribution in [3.8, 4) is 5.75 Å². The maximum atomic E-state index is 11.9. The number of benzene rings is 1. The minimum Gasteiger partial charge on any atom is -0.465 e. The van der Waals surface area contributed by atoms with Crippen LogP contribution in [-0.2, 0) is 0 Å². The van der Waals surface area contributed by atoms with Crippen LogP contribution in [0.3, 0.4) is 0 Å². The minimum absolute atomic E-state index is 0.0157. The SMILES string of the molecule is O=C(NC1CC2(CCN(C(=O)O)CC2)C1)Oc1ccc([N+](=O)[O-])cc1. The fourth-order valence-electron chi connectivity index (χ4n) is 3.61. The molecule has 1 spiro atoms. The first kappa shape index (κ1) is 17.0. The molecular weight excluding hydrogens is 330 g/mol. The average molecular weight is 349 g/mol. The molecule has 0 aromatic heterocycles. The van der Waals surface area contributed by atoms with E-state index in [1.165, 1.54) is 29.2 Å². The zero-order valence-corrected chi connectivity index (χ0v) is 13.5. The molecule has 9 nitrogen and oxygen atoms in total. The van der Waals surface area contributed by atoms with Gasteiger partial charge in [-0.2, -0.15) is 0 Å². The molecular formula is C16H19N3O6. The number of nitrogens with zero attached hydrogens (tertiary/aromatic N) is 2. The highest BCUT2D eigenvalue weighted by Crippen LogP contribution is 2.49. The second kappa shape index (κ2) is 6.58. The molecule has 2 aliphatic rings. The number of piperidine rings is 1. The lowest BCUT2D eigenvalue weighted by Gasteiger charge is -2.51. The van der Waals surface area contributed by atoms with Gasteiger partial charge in [0.05, 0.1) is 4.92 Å². The van der Waals surface area contributed by atoms with E-state index in [1.54, 1.807) is 0 Å². The Morgan fingerprint density at radius 3 is 2.36 bits per heavy atom. The Balaban J connectivity index is 1.43. The van der Waals surface area contributed by atoms with Gasteiger partial charge in [-0.15, -0.1) is 0 Å². The third-order valence-corrected chi connectivity index (χ3v) is 5.03.